The fourth-order valence-corrected chi connectivity index (χ4v) is 1.59. The summed E-state index contributed by atoms with van der Waals surface area (Å²) in [4.78, 5) is 13.6. The van der Waals surface area contributed by atoms with Gasteiger partial charge in [-0.1, -0.05) is 13.3 Å². The average Bonchev–Trinajstić information content (AvgIpc) is 2.20. The minimum Gasteiger partial charge on any atom is -0.396 e. The number of morpholine rings is 1. The Morgan fingerprint density at radius 3 is 3.07 bits per heavy atom. The summed E-state index contributed by atoms with van der Waals surface area (Å²) in [5.74, 6) is 0.0405. The highest BCUT2D eigenvalue weighted by Crippen LogP contribution is 2.10. The maximum Gasteiger partial charge on any atom is 0.251 e. The Labute approximate surface area is 84.8 Å². The van der Waals surface area contributed by atoms with Crippen LogP contribution in [0.4, 0.5) is 0 Å². The van der Waals surface area contributed by atoms with Crippen molar-refractivity contribution in [2.45, 2.75) is 32.3 Å². The van der Waals surface area contributed by atoms with Crippen molar-refractivity contribution in [2.24, 2.45) is 0 Å². The van der Waals surface area contributed by atoms with Crippen LogP contribution in [0.1, 0.15) is 26.2 Å². The third-order valence-electron chi connectivity index (χ3n) is 2.44. The molecule has 1 N–H and O–H groups in total. The second kappa shape index (κ2) is 5.98. The standard InChI is InChI=1S/C10H19NO3/c1-2-3-5-11-6-8-14-9(4-7-12)10(11)13/h9,12H,2-8H2,1H3. The molecule has 0 radical (unpaired) electrons. The van der Waals surface area contributed by atoms with Crippen LogP contribution < -0.4 is 0 Å². The third kappa shape index (κ3) is 2.96. The van der Waals surface area contributed by atoms with Gasteiger partial charge in [-0.3, -0.25) is 4.79 Å². The van der Waals surface area contributed by atoms with Crippen molar-refractivity contribution in [3.63, 3.8) is 0 Å². The van der Waals surface area contributed by atoms with Crippen LogP contribution >= 0.6 is 0 Å². The van der Waals surface area contributed by atoms with Crippen molar-refractivity contribution in [1.82, 2.24) is 4.90 Å². The fraction of sp³-hybridized carbons (Fsp3) is 0.900. The Morgan fingerprint density at radius 2 is 2.43 bits per heavy atom. The first-order valence-corrected chi connectivity index (χ1v) is 5.30. The largest absolute Gasteiger partial charge is 0.396 e. The van der Waals surface area contributed by atoms with Crippen molar-refractivity contribution in [2.75, 3.05) is 26.3 Å². The monoisotopic (exact) mass is 201 g/mol. The number of amides is 1. The lowest BCUT2D eigenvalue weighted by Crippen LogP contribution is -2.48. The molecule has 0 aromatic rings. The van der Waals surface area contributed by atoms with Gasteiger partial charge in [0, 0.05) is 26.1 Å². The Balaban J connectivity index is 2.40. The van der Waals surface area contributed by atoms with Crippen LogP contribution in [0.3, 0.4) is 0 Å². The molecule has 1 fully saturated rings. The Morgan fingerprint density at radius 1 is 1.64 bits per heavy atom. The van der Waals surface area contributed by atoms with Crippen molar-refractivity contribution in [3.05, 3.63) is 0 Å². The molecule has 0 aliphatic carbocycles. The van der Waals surface area contributed by atoms with Gasteiger partial charge < -0.3 is 14.7 Å². The smallest absolute Gasteiger partial charge is 0.251 e. The highest BCUT2D eigenvalue weighted by Gasteiger charge is 2.28. The van der Waals surface area contributed by atoms with E-state index >= 15 is 0 Å². The quantitative estimate of drug-likeness (QED) is 0.700. The van der Waals surface area contributed by atoms with E-state index in [4.69, 9.17) is 9.84 Å². The molecule has 0 bridgehead atoms. The van der Waals surface area contributed by atoms with E-state index < -0.39 is 6.10 Å². The molecule has 4 nitrogen and oxygen atoms in total. The van der Waals surface area contributed by atoms with Gasteiger partial charge in [0.05, 0.1) is 6.61 Å². The average molecular weight is 201 g/mol. The molecule has 1 saturated heterocycles. The number of aliphatic hydroxyl groups excluding tert-OH is 1. The van der Waals surface area contributed by atoms with Crippen molar-refractivity contribution in [3.8, 4) is 0 Å². The minimum atomic E-state index is -0.411. The SMILES string of the molecule is CCCCN1CCOC(CCO)C1=O. The highest BCUT2D eigenvalue weighted by atomic mass is 16.5. The Bertz CT molecular complexity index is 182. The molecule has 1 amide bonds. The molecular weight excluding hydrogens is 182 g/mol. The number of carbonyl (C=O) groups excluding carboxylic acids is 1. The van der Waals surface area contributed by atoms with E-state index in [1.165, 1.54) is 0 Å². The molecule has 0 aromatic heterocycles. The van der Waals surface area contributed by atoms with Crippen LogP contribution in [0.15, 0.2) is 0 Å². The zero-order chi connectivity index (χ0) is 10.4. The molecule has 14 heavy (non-hydrogen) atoms. The van der Waals surface area contributed by atoms with E-state index in [0.29, 0.717) is 19.6 Å². The van der Waals surface area contributed by atoms with Gasteiger partial charge >= 0.3 is 0 Å². The summed E-state index contributed by atoms with van der Waals surface area (Å²) < 4.78 is 5.29. The van der Waals surface area contributed by atoms with Gasteiger partial charge in [-0.2, -0.15) is 0 Å². The van der Waals surface area contributed by atoms with E-state index in [1.54, 1.807) is 0 Å². The molecule has 1 aliphatic heterocycles. The summed E-state index contributed by atoms with van der Waals surface area (Å²) in [6, 6.07) is 0. The van der Waals surface area contributed by atoms with Gasteiger partial charge in [-0.05, 0) is 6.42 Å². The lowest BCUT2D eigenvalue weighted by Gasteiger charge is -2.32. The second-order valence-electron chi connectivity index (χ2n) is 3.55. The van der Waals surface area contributed by atoms with Gasteiger partial charge in [-0.25, -0.2) is 0 Å². The number of aliphatic hydroxyl groups is 1. The number of rotatable bonds is 5. The molecule has 1 unspecified atom stereocenters. The molecule has 82 valence electrons. The highest BCUT2D eigenvalue weighted by molar-refractivity contribution is 5.81. The molecule has 0 spiro atoms. The molecule has 0 saturated carbocycles. The molecular formula is C10H19NO3. The zero-order valence-electron chi connectivity index (χ0n) is 8.74. The number of unbranched alkanes of at least 4 members (excludes halogenated alkanes) is 1. The molecule has 1 heterocycles. The second-order valence-corrected chi connectivity index (χ2v) is 3.55. The van der Waals surface area contributed by atoms with Crippen LogP contribution in [0.25, 0.3) is 0 Å². The molecule has 1 atom stereocenters. The van der Waals surface area contributed by atoms with Crippen LogP contribution in [0.2, 0.25) is 0 Å². The Kier molecular flexibility index (Phi) is 4.90. The van der Waals surface area contributed by atoms with Gasteiger partial charge in [0.15, 0.2) is 0 Å². The Hall–Kier alpha value is -0.610. The van der Waals surface area contributed by atoms with Crippen LogP contribution in [0.5, 0.6) is 0 Å². The van der Waals surface area contributed by atoms with E-state index in [0.717, 1.165) is 19.4 Å². The predicted octanol–water partition coefficient (Wildman–Crippen LogP) is 0.396. The van der Waals surface area contributed by atoms with Gasteiger partial charge in [-0.15, -0.1) is 0 Å². The van der Waals surface area contributed by atoms with Crippen LogP contribution in [0, 0.1) is 0 Å². The maximum absolute atomic E-state index is 11.7. The summed E-state index contributed by atoms with van der Waals surface area (Å²) in [6.45, 7) is 4.23. The van der Waals surface area contributed by atoms with Gasteiger partial charge in [0.1, 0.15) is 6.10 Å². The molecule has 1 aliphatic rings. The zero-order valence-corrected chi connectivity index (χ0v) is 8.74. The first-order chi connectivity index (χ1) is 6.79. The fourth-order valence-electron chi connectivity index (χ4n) is 1.59. The topological polar surface area (TPSA) is 49.8 Å². The molecule has 0 aromatic carbocycles. The summed E-state index contributed by atoms with van der Waals surface area (Å²) >= 11 is 0. The lowest BCUT2D eigenvalue weighted by molar-refractivity contribution is -0.154. The minimum absolute atomic E-state index is 0.0119. The van der Waals surface area contributed by atoms with E-state index in [1.807, 2.05) is 4.90 Å². The normalized spacial score (nSPS) is 22.9. The van der Waals surface area contributed by atoms with Gasteiger partial charge in [0.2, 0.25) is 0 Å². The first-order valence-electron chi connectivity index (χ1n) is 5.30. The number of ether oxygens (including phenoxy) is 1. The summed E-state index contributed by atoms with van der Waals surface area (Å²) in [5, 5.41) is 8.75. The van der Waals surface area contributed by atoms with Crippen molar-refractivity contribution < 1.29 is 14.6 Å². The lowest BCUT2D eigenvalue weighted by atomic mass is 10.2. The number of nitrogens with zero attached hydrogens (tertiary/aromatic N) is 1. The van der Waals surface area contributed by atoms with E-state index in [9.17, 15) is 4.79 Å². The number of hydrogen-bond donors (Lipinski definition) is 1. The third-order valence-corrected chi connectivity index (χ3v) is 2.44. The summed E-state index contributed by atoms with van der Waals surface area (Å²) in [6.07, 6.45) is 2.14. The van der Waals surface area contributed by atoms with Crippen molar-refractivity contribution in [1.29, 1.82) is 0 Å². The maximum atomic E-state index is 11.7. The van der Waals surface area contributed by atoms with Crippen LogP contribution in [-0.4, -0.2) is 48.3 Å². The molecule has 4 heteroatoms. The summed E-state index contributed by atoms with van der Waals surface area (Å²) in [7, 11) is 0. The summed E-state index contributed by atoms with van der Waals surface area (Å²) in [5.41, 5.74) is 0. The number of hydrogen-bond acceptors (Lipinski definition) is 3. The van der Waals surface area contributed by atoms with Crippen molar-refractivity contribution >= 4 is 5.91 Å². The number of carbonyl (C=O) groups is 1. The predicted molar refractivity (Wildman–Crippen MR) is 52.9 cm³/mol. The van der Waals surface area contributed by atoms with E-state index in [2.05, 4.69) is 6.92 Å². The van der Waals surface area contributed by atoms with E-state index in [-0.39, 0.29) is 12.5 Å². The first kappa shape index (κ1) is 11.5. The van der Waals surface area contributed by atoms with Crippen LogP contribution in [-0.2, 0) is 9.53 Å². The van der Waals surface area contributed by atoms with Gasteiger partial charge in [0.25, 0.3) is 5.91 Å². The molecule has 1 rings (SSSR count).